The molecule has 0 unspecified atom stereocenters. The van der Waals surface area contributed by atoms with Gasteiger partial charge in [-0.3, -0.25) is 9.59 Å². The number of carbonyl (C=O) groups excluding carboxylic acids is 2. The van der Waals surface area contributed by atoms with Gasteiger partial charge in [0.15, 0.2) is 0 Å². The Morgan fingerprint density at radius 2 is 1.80 bits per heavy atom. The first kappa shape index (κ1) is 17.4. The second-order valence-electron chi connectivity index (χ2n) is 6.68. The Hall–Kier alpha value is -2.44. The van der Waals surface area contributed by atoms with Gasteiger partial charge in [0.05, 0.1) is 5.54 Å². The number of amides is 2. The fourth-order valence-corrected chi connectivity index (χ4v) is 3.32. The molecule has 1 atom stereocenters. The fourth-order valence-electron chi connectivity index (χ4n) is 3.32. The van der Waals surface area contributed by atoms with Crippen LogP contribution in [0.3, 0.4) is 0 Å². The third-order valence-corrected chi connectivity index (χ3v) is 4.90. The lowest BCUT2D eigenvalue weighted by Gasteiger charge is -2.33. The fraction of sp³-hybridized carbons (Fsp3) is 0.368. The Kier molecular flexibility index (Phi) is 5.01. The highest BCUT2D eigenvalue weighted by molar-refractivity contribution is 5.92. The van der Waals surface area contributed by atoms with Gasteiger partial charge < -0.3 is 22.1 Å². The first-order chi connectivity index (χ1) is 12.0. The van der Waals surface area contributed by atoms with E-state index in [2.05, 4.69) is 10.6 Å². The number of hydrogen-bond acceptors (Lipinski definition) is 4. The number of rotatable bonds is 5. The maximum atomic E-state index is 12.6. The predicted molar refractivity (Wildman–Crippen MR) is 97.8 cm³/mol. The summed E-state index contributed by atoms with van der Waals surface area (Å²) < 4.78 is 0. The van der Waals surface area contributed by atoms with Gasteiger partial charge in [-0.15, -0.1) is 0 Å². The molecule has 0 aromatic heterocycles. The van der Waals surface area contributed by atoms with E-state index in [-0.39, 0.29) is 5.91 Å². The van der Waals surface area contributed by atoms with Crippen LogP contribution in [0.4, 0.5) is 0 Å². The highest BCUT2D eigenvalue weighted by atomic mass is 16.2. The summed E-state index contributed by atoms with van der Waals surface area (Å²) in [5, 5.41) is 8.09. The summed E-state index contributed by atoms with van der Waals surface area (Å²) in [4.78, 5) is 24.5. The lowest BCUT2D eigenvalue weighted by atomic mass is 9.88. The third kappa shape index (κ3) is 3.81. The van der Waals surface area contributed by atoms with Crippen molar-refractivity contribution in [2.75, 3.05) is 13.1 Å². The van der Waals surface area contributed by atoms with E-state index in [9.17, 15) is 9.59 Å². The highest BCUT2D eigenvalue weighted by Gasteiger charge is 2.37. The zero-order valence-electron chi connectivity index (χ0n) is 14.1. The monoisotopic (exact) mass is 340 g/mol. The summed E-state index contributed by atoms with van der Waals surface area (Å²) in [6.07, 6.45) is 1.42. The lowest BCUT2D eigenvalue weighted by Crippen LogP contribution is -2.62. The minimum absolute atomic E-state index is 0.307. The van der Waals surface area contributed by atoms with Crippen molar-refractivity contribution < 1.29 is 9.59 Å². The Morgan fingerprint density at radius 1 is 1.12 bits per heavy atom. The Balaban J connectivity index is 1.79. The molecular formula is C19H24N4O2. The molecule has 1 aliphatic heterocycles. The maximum Gasteiger partial charge on any atom is 0.240 e. The first-order valence-electron chi connectivity index (χ1n) is 8.56. The summed E-state index contributed by atoms with van der Waals surface area (Å²) in [6, 6.07) is 13.1. The summed E-state index contributed by atoms with van der Waals surface area (Å²) in [6.45, 7) is 1.38. The smallest absolute Gasteiger partial charge is 0.240 e. The third-order valence-electron chi connectivity index (χ3n) is 4.90. The number of piperidine rings is 1. The SMILES string of the molecule is NC(=O)[C@@H](Cc1cccc2ccccc12)NC(=O)C1(N)CCNCC1. The molecule has 0 aliphatic carbocycles. The number of benzene rings is 2. The highest BCUT2D eigenvalue weighted by Crippen LogP contribution is 2.20. The molecule has 1 saturated heterocycles. The van der Waals surface area contributed by atoms with Crippen molar-refractivity contribution in [3.8, 4) is 0 Å². The Bertz CT molecular complexity index is 779. The lowest BCUT2D eigenvalue weighted by molar-refractivity contribution is -0.131. The van der Waals surface area contributed by atoms with E-state index in [4.69, 9.17) is 11.5 Å². The average molecular weight is 340 g/mol. The number of carbonyl (C=O) groups is 2. The zero-order valence-corrected chi connectivity index (χ0v) is 14.1. The van der Waals surface area contributed by atoms with E-state index in [0.717, 1.165) is 16.3 Å². The van der Waals surface area contributed by atoms with Crippen LogP contribution in [-0.4, -0.2) is 36.5 Å². The van der Waals surface area contributed by atoms with Gasteiger partial charge in [0.2, 0.25) is 11.8 Å². The van der Waals surface area contributed by atoms with E-state index in [1.807, 2.05) is 42.5 Å². The summed E-state index contributed by atoms with van der Waals surface area (Å²) in [5.74, 6) is -0.864. The van der Waals surface area contributed by atoms with Crippen LogP contribution in [0.2, 0.25) is 0 Å². The minimum atomic E-state index is -0.947. The molecule has 2 aromatic rings. The molecule has 0 bridgehead atoms. The molecule has 0 spiro atoms. The van der Waals surface area contributed by atoms with E-state index in [1.165, 1.54) is 0 Å². The number of hydrogen-bond donors (Lipinski definition) is 4. The molecule has 6 nitrogen and oxygen atoms in total. The van der Waals surface area contributed by atoms with Crippen LogP contribution in [0.25, 0.3) is 10.8 Å². The number of nitrogens with two attached hydrogens (primary N) is 2. The molecule has 132 valence electrons. The molecule has 1 fully saturated rings. The van der Waals surface area contributed by atoms with E-state index >= 15 is 0 Å². The molecule has 1 heterocycles. The van der Waals surface area contributed by atoms with Gasteiger partial charge in [-0.05, 0) is 42.3 Å². The van der Waals surface area contributed by atoms with Crippen molar-refractivity contribution >= 4 is 22.6 Å². The van der Waals surface area contributed by atoms with Gasteiger partial charge in [-0.25, -0.2) is 0 Å². The standard InChI is InChI=1S/C19H24N4O2/c20-17(24)16(23-18(25)19(21)8-10-22-11-9-19)12-14-6-3-5-13-4-1-2-7-15(13)14/h1-7,16,22H,8-12,21H2,(H2,20,24)(H,23,25)/t16-/m1/s1. The molecular weight excluding hydrogens is 316 g/mol. The molecule has 6 heteroatoms. The van der Waals surface area contributed by atoms with Crippen LogP contribution in [0.5, 0.6) is 0 Å². The van der Waals surface area contributed by atoms with E-state index < -0.39 is 17.5 Å². The van der Waals surface area contributed by atoms with Crippen molar-refractivity contribution in [1.29, 1.82) is 0 Å². The van der Waals surface area contributed by atoms with Crippen LogP contribution in [-0.2, 0) is 16.0 Å². The number of fused-ring (bicyclic) bond motifs is 1. The van der Waals surface area contributed by atoms with E-state index in [1.54, 1.807) is 0 Å². The van der Waals surface area contributed by atoms with Crippen molar-refractivity contribution in [2.45, 2.75) is 30.8 Å². The van der Waals surface area contributed by atoms with Crippen LogP contribution < -0.4 is 22.1 Å². The van der Waals surface area contributed by atoms with Crippen molar-refractivity contribution in [1.82, 2.24) is 10.6 Å². The largest absolute Gasteiger partial charge is 0.368 e. The summed E-state index contributed by atoms with van der Waals surface area (Å²) >= 11 is 0. The molecule has 2 amide bonds. The Morgan fingerprint density at radius 3 is 2.52 bits per heavy atom. The van der Waals surface area contributed by atoms with Gasteiger partial charge in [0, 0.05) is 6.42 Å². The number of nitrogens with one attached hydrogen (secondary N) is 2. The first-order valence-corrected chi connectivity index (χ1v) is 8.56. The number of primary amides is 1. The molecule has 25 heavy (non-hydrogen) atoms. The van der Waals surface area contributed by atoms with Crippen LogP contribution in [0, 0.1) is 0 Å². The van der Waals surface area contributed by atoms with Crippen LogP contribution >= 0.6 is 0 Å². The van der Waals surface area contributed by atoms with Gasteiger partial charge in [0.1, 0.15) is 6.04 Å². The maximum absolute atomic E-state index is 12.6. The van der Waals surface area contributed by atoms with E-state index in [0.29, 0.717) is 32.4 Å². The van der Waals surface area contributed by atoms with Crippen molar-refractivity contribution in [3.63, 3.8) is 0 Å². The van der Waals surface area contributed by atoms with Crippen molar-refractivity contribution in [2.24, 2.45) is 11.5 Å². The van der Waals surface area contributed by atoms with Gasteiger partial charge >= 0.3 is 0 Å². The van der Waals surface area contributed by atoms with Gasteiger partial charge in [-0.1, -0.05) is 42.5 Å². The van der Waals surface area contributed by atoms with Crippen LogP contribution in [0.15, 0.2) is 42.5 Å². The average Bonchev–Trinajstić information content (AvgIpc) is 2.62. The van der Waals surface area contributed by atoms with Crippen LogP contribution in [0.1, 0.15) is 18.4 Å². The normalized spacial score (nSPS) is 17.8. The second-order valence-corrected chi connectivity index (χ2v) is 6.68. The van der Waals surface area contributed by atoms with Gasteiger partial charge in [0.25, 0.3) is 0 Å². The minimum Gasteiger partial charge on any atom is -0.368 e. The van der Waals surface area contributed by atoms with Crippen molar-refractivity contribution in [3.05, 3.63) is 48.0 Å². The quantitative estimate of drug-likeness (QED) is 0.633. The molecule has 1 aliphatic rings. The summed E-state index contributed by atoms with van der Waals surface area (Å²) in [5.41, 5.74) is 11.8. The molecule has 0 radical (unpaired) electrons. The molecule has 2 aromatic carbocycles. The topological polar surface area (TPSA) is 110 Å². The predicted octanol–water partition coefficient (Wildman–Crippen LogP) is 0.433. The zero-order chi connectivity index (χ0) is 17.9. The summed E-state index contributed by atoms with van der Waals surface area (Å²) in [7, 11) is 0. The van der Waals surface area contributed by atoms with Gasteiger partial charge in [-0.2, -0.15) is 0 Å². The second kappa shape index (κ2) is 7.21. The molecule has 6 N–H and O–H groups in total. The molecule has 3 rings (SSSR count). The molecule has 0 saturated carbocycles. The Labute approximate surface area is 146 Å².